The fourth-order valence-corrected chi connectivity index (χ4v) is 4.65. The van der Waals surface area contributed by atoms with Crippen LogP contribution in [-0.4, -0.2) is 57.3 Å². The van der Waals surface area contributed by atoms with Crippen molar-refractivity contribution in [1.82, 2.24) is 14.9 Å². The van der Waals surface area contributed by atoms with Crippen molar-refractivity contribution in [3.8, 4) is 0 Å². The van der Waals surface area contributed by atoms with Crippen LogP contribution in [0.15, 0.2) is 53.4 Å². The topological polar surface area (TPSA) is 122 Å². The van der Waals surface area contributed by atoms with Gasteiger partial charge in [-0.15, -0.1) is 0 Å². The van der Waals surface area contributed by atoms with Gasteiger partial charge in [0.2, 0.25) is 15.9 Å². The normalized spacial score (nSPS) is 15.5. The average Bonchev–Trinajstić information content (AvgIpc) is 2.79. The minimum absolute atomic E-state index is 0.0458. The van der Waals surface area contributed by atoms with Crippen LogP contribution in [0.4, 0.5) is 4.39 Å². The highest BCUT2D eigenvalue weighted by atomic mass is 32.2. The van der Waals surface area contributed by atoms with Gasteiger partial charge in [-0.3, -0.25) is 14.4 Å². The Hall–Kier alpha value is -3.31. The summed E-state index contributed by atoms with van der Waals surface area (Å²) in [5, 5.41) is 5.22. The fourth-order valence-electron chi connectivity index (χ4n) is 3.21. The number of esters is 1. The van der Waals surface area contributed by atoms with Crippen molar-refractivity contribution in [3.05, 3.63) is 65.5 Å². The van der Waals surface area contributed by atoms with Gasteiger partial charge in [0.15, 0.2) is 0 Å². The van der Waals surface area contributed by atoms with Crippen LogP contribution in [-0.2, 0) is 24.3 Å². The van der Waals surface area contributed by atoms with E-state index in [1.807, 2.05) is 0 Å². The number of carbonyl (C=O) groups is 3. The lowest BCUT2D eigenvalue weighted by Crippen LogP contribution is -2.49. The minimum Gasteiger partial charge on any atom is -0.469 e. The third kappa shape index (κ3) is 5.48. The minimum atomic E-state index is -3.98. The van der Waals surface area contributed by atoms with E-state index in [1.165, 1.54) is 55.6 Å². The summed E-state index contributed by atoms with van der Waals surface area (Å²) in [7, 11) is -2.77. The quantitative estimate of drug-likeness (QED) is 0.591. The molecule has 2 aromatic carbocycles. The summed E-state index contributed by atoms with van der Waals surface area (Å²) in [6.45, 7) is 0.0198. The molecule has 11 heteroatoms. The molecule has 1 saturated heterocycles. The summed E-state index contributed by atoms with van der Waals surface area (Å²) in [5.74, 6) is -2.09. The molecule has 0 saturated carbocycles. The average molecular weight is 463 g/mol. The van der Waals surface area contributed by atoms with Crippen LogP contribution < -0.4 is 10.6 Å². The van der Waals surface area contributed by atoms with Crippen LogP contribution >= 0.6 is 0 Å². The van der Waals surface area contributed by atoms with Crippen molar-refractivity contribution in [1.29, 1.82) is 0 Å². The first-order valence-electron chi connectivity index (χ1n) is 9.71. The second-order valence-electron chi connectivity index (χ2n) is 7.07. The van der Waals surface area contributed by atoms with Crippen molar-refractivity contribution in [2.24, 2.45) is 0 Å². The molecule has 9 nitrogen and oxygen atoms in total. The number of methoxy groups -OCH3 is 1. The Bertz CT molecular complexity index is 1120. The highest BCUT2D eigenvalue weighted by Gasteiger charge is 2.30. The Kier molecular flexibility index (Phi) is 7.21. The molecule has 1 unspecified atom stereocenters. The number of carbonyl (C=O) groups excluding carboxylic acids is 3. The molecule has 1 atom stereocenters. The Balaban J connectivity index is 1.83. The summed E-state index contributed by atoms with van der Waals surface area (Å²) in [5.41, 5.74) is 0.526. The van der Waals surface area contributed by atoms with Crippen molar-refractivity contribution in [3.63, 3.8) is 0 Å². The van der Waals surface area contributed by atoms with Crippen molar-refractivity contribution in [2.45, 2.75) is 17.4 Å². The van der Waals surface area contributed by atoms with Gasteiger partial charge in [0.25, 0.3) is 5.91 Å². The van der Waals surface area contributed by atoms with Gasteiger partial charge in [-0.2, -0.15) is 4.31 Å². The zero-order valence-corrected chi connectivity index (χ0v) is 18.0. The molecule has 2 aromatic rings. The first-order valence-corrected chi connectivity index (χ1v) is 11.1. The zero-order valence-electron chi connectivity index (χ0n) is 17.2. The summed E-state index contributed by atoms with van der Waals surface area (Å²) in [4.78, 5) is 36.1. The molecule has 0 aromatic heterocycles. The number of amides is 2. The number of nitrogens with one attached hydrogen (secondary N) is 2. The molecule has 0 radical (unpaired) electrons. The van der Waals surface area contributed by atoms with Gasteiger partial charge in [0, 0.05) is 18.7 Å². The number of hydrogen-bond donors (Lipinski definition) is 2. The van der Waals surface area contributed by atoms with E-state index in [2.05, 4.69) is 15.4 Å². The Morgan fingerprint density at radius 2 is 1.94 bits per heavy atom. The lowest BCUT2D eigenvalue weighted by molar-refractivity contribution is -0.141. The smallest absolute Gasteiger partial charge is 0.307 e. The number of ether oxygens (including phenoxy) is 1. The van der Waals surface area contributed by atoms with Crippen molar-refractivity contribution >= 4 is 27.8 Å². The summed E-state index contributed by atoms with van der Waals surface area (Å²) in [6.07, 6.45) is -0.200. The van der Waals surface area contributed by atoms with Gasteiger partial charge in [-0.1, -0.05) is 18.2 Å². The number of benzene rings is 2. The largest absolute Gasteiger partial charge is 0.469 e. The predicted molar refractivity (Wildman–Crippen MR) is 111 cm³/mol. The van der Waals surface area contributed by atoms with Gasteiger partial charge >= 0.3 is 5.97 Å². The number of hydrogen-bond acceptors (Lipinski definition) is 6. The predicted octanol–water partition coefficient (Wildman–Crippen LogP) is 0.980. The molecule has 32 heavy (non-hydrogen) atoms. The molecule has 2 amide bonds. The maximum absolute atomic E-state index is 13.3. The summed E-state index contributed by atoms with van der Waals surface area (Å²) < 4.78 is 44.8. The second-order valence-corrected chi connectivity index (χ2v) is 9.01. The van der Waals surface area contributed by atoms with E-state index in [4.69, 9.17) is 0 Å². The standard InChI is InChI=1S/C21H22FN3O6S/c1-31-20(27)12-18(14-5-7-16(22)8-6-14)24-21(28)15-3-2-4-17(11-15)32(29,30)25-10-9-23-19(26)13-25/h2-8,11,18H,9-10,12-13H2,1H3,(H,23,26)(H,24,28). The number of nitrogens with zero attached hydrogens (tertiary/aromatic N) is 1. The van der Waals surface area contributed by atoms with Crippen LogP contribution in [0.25, 0.3) is 0 Å². The fraction of sp³-hybridized carbons (Fsp3) is 0.286. The van der Waals surface area contributed by atoms with Crippen LogP contribution in [0.5, 0.6) is 0 Å². The molecule has 1 aliphatic rings. The van der Waals surface area contributed by atoms with E-state index in [1.54, 1.807) is 0 Å². The number of sulfonamides is 1. The molecule has 170 valence electrons. The summed E-state index contributed by atoms with van der Waals surface area (Å²) in [6, 6.07) is 9.84. The van der Waals surface area contributed by atoms with Crippen LogP contribution in [0.2, 0.25) is 0 Å². The first-order chi connectivity index (χ1) is 15.2. The molecular weight excluding hydrogens is 441 g/mol. The van der Waals surface area contributed by atoms with E-state index < -0.39 is 39.7 Å². The molecule has 0 aliphatic carbocycles. The van der Waals surface area contributed by atoms with Gasteiger partial charge in [-0.05, 0) is 35.9 Å². The Labute approximate surface area is 184 Å². The van der Waals surface area contributed by atoms with E-state index in [-0.39, 0.29) is 36.5 Å². The molecule has 2 N–H and O–H groups in total. The van der Waals surface area contributed by atoms with Gasteiger partial charge in [-0.25, -0.2) is 12.8 Å². The lowest BCUT2D eigenvalue weighted by atomic mass is 10.0. The van der Waals surface area contributed by atoms with Crippen molar-refractivity contribution < 1.29 is 31.9 Å². The van der Waals surface area contributed by atoms with Crippen LogP contribution in [0.3, 0.4) is 0 Å². The molecule has 0 bridgehead atoms. The van der Waals surface area contributed by atoms with Gasteiger partial charge in [0.1, 0.15) is 5.82 Å². The number of piperazine rings is 1. The van der Waals surface area contributed by atoms with E-state index in [0.29, 0.717) is 5.56 Å². The Morgan fingerprint density at radius 1 is 1.22 bits per heavy atom. The SMILES string of the molecule is COC(=O)CC(NC(=O)c1cccc(S(=O)(=O)N2CCNC(=O)C2)c1)c1ccc(F)cc1. The van der Waals surface area contributed by atoms with Gasteiger partial charge < -0.3 is 15.4 Å². The number of halogens is 1. The molecule has 3 rings (SSSR count). The van der Waals surface area contributed by atoms with Crippen LogP contribution in [0.1, 0.15) is 28.4 Å². The Morgan fingerprint density at radius 3 is 2.59 bits per heavy atom. The molecular formula is C21H22FN3O6S. The van der Waals surface area contributed by atoms with Crippen molar-refractivity contribution in [2.75, 3.05) is 26.7 Å². The molecule has 1 heterocycles. The molecule has 1 fully saturated rings. The molecule has 0 spiro atoms. The highest BCUT2D eigenvalue weighted by molar-refractivity contribution is 7.89. The van der Waals surface area contributed by atoms with Gasteiger partial charge in [0.05, 0.1) is 31.0 Å². The van der Waals surface area contributed by atoms with E-state index >= 15 is 0 Å². The first kappa shape index (κ1) is 23.4. The monoisotopic (exact) mass is 463 g/mol. The van der Waals surface area contributed by atoms with E-state index in [0.717, 1.165) is 4.31 Å². The second kappa shape index (κ2) is 9.88. The van der Waals surface area contributed by atoms with Crippen LogP contribution in [0, 0.1) is 5.82 Å². The third-order valence-corrected chi connectivity index (χ3v) is 6.75. The molecule has 1 aliphatic heterocycles. The maximum atomic E-state index is 13.3. The maximum Gasteiger partial charge on any atom is 0.307 e. The zero-order chi connectivity index (χ0) is 23.3. The third-order valence-electron chi connectivity index (χ3n) is 4.91. The summed E-state index contributed by atoms with van der Waals surface area (Å²) >= 11 is 0. The van der Waals surface area contributed by atoms with E-state index in [9.17, 15) is 27.2 Å². The lowest BCUT2D eigenvalue weighted by Gasteiger charge is -2.26. The number of rotatable bonds is 7. The highest BCUT2D eigenvalue weighted by Crippen LogP contribution is 2.21.